The van der Waals surface area contributed by atoms with Crippen molar-refractivity contribution in [2.24, 2.45) is 5.73 Å². The summed E-state index contributed by atoms with van der Waals surface area (Å²) in [5.74, 6) is -1.42. The molecular formula is C19H22BFN4O. The summed E-state index contributed by atoms with van der Waals surface area (Å²) >= 11 is 0. The molecule has 7 heteroatoms. The lowest BCUT2D eigenvalue weighted by atomic mass is 9.60. The minimum Gasteiger partial charge on any atom is -0.366 e. The second-order valence-corrected chi connectivity index (χ2v) is 6.99. The molecule has 0 spiro atoms. The van der Waals surface area contributed by atoms with Gasteiger partial charge in [0.2, 0.25) is 0 Å². The van der Waals surface area contributed by atoms with Crippen LogP contribution in [0.4, 0.5) is 10.1 Å². The molecule has 1 aliphatic heterocycles. The Morgan fingerprint density at radius 3 is 2.69 bits per heavy atom. The Bertz CT molecular complexity index is 820. The van der Waals surface area contributed by atoms with E-state index in [0.29, 0.717) is 0 Å². The van der Waals surface area contributed by atoms with E-state index in [4.69, 9.17) is 11.1 Å². The van der Waals surface area contributed by atoms with E-state index in [9.17, 15) is 9.18 Å². The van der Waals surface area contributed by atoms with Gasteiger partial charge in [-0.3, -0.25) is 10.2 Å². The van der Waals surface area contributed by atoms with Crippen LogP contribution in [0, 0.1) is 5.41 Å². The molecule has 3 rings (SSSR count). The zero-order valence-electron chi connectivity index (χ0n) is 14.7. The first kappa shape index (κ1) is 18.1. The number of hydrogen-bond acceptors (Lipinski definition) is 4. The molecule has 1 saturated heterocycles. The smallest absolute Gasteiger partial charge is 0.250 e. The van der Waals surface area contributed by atoms with Crippen molar-refractivity contribution in [3.63, 3.8) is 0 Å². The zero-order chi connectivity index (χ0) is 18.7. The van der Waals surface area contributed by atoms with E-state index in [1.54, 1.807) is 0 Å². The molecule has 1 aromatic carbocycles. The second-order valence-electron chi connectivity index (χ2n) is 6.99. The average Bonchev–Trinajstić information content (AvgIpc) is 2.63. The third-order valence-corrected chi connectivity index (χ3v) is 4.97. The van der Waals surface area contributed by atoms with Gasteiger partial charge in [0, 0.05) is 17.5 Å². The third kappa shape index (κ3) is 3.78. The second kappa shape index (κ2) is 7.29. The van der Waals surface area contributed by atoms with Gasteiger partial charge < -0.3 is 16.4 Å². The van der Waals surface area contributed by atoms with Gasteiger partial charge in [-0.1, -0.05) is 12.1 Å². The number of nitrogens with two attached hydrogens (primary N) is 1. The molecule has 1 unspecified atom stereocenters. The molecule has 1 atom stereocenters. The summed E-state index contributed by atoms with van der Waals surface area (Å²) in [7, 11) is 2.26. The van der Waals surface area contributed by atoms with Crippen molar-refractivity contribution >= 4 is 25.2 Å². The van der Waals surface area contributed by atoms with E-state index < -0.39 is 11.7 Å². The number of benzene rings is 1. The summed E-state index contributed by atoms with van der Waals surface area (Å²) in [6, 6.07) is 8.10. The molecule has 0 bridgehead atoms. The normalized spacial score (nSPS) is 24.8. The van der Waals surface area contributed by atoms with Crippen LogP contribution < -0.4 is 16.4 Å². The largest absolute Gasteiger partial charge is 0.366 e. The Morgan fingerprint density at radius 1 is 1.35 bits per heavy atom. The summed E-state index contributed by atoms with van der Waals surface area (Å²) < 4.78 is 13.7. The summed E-state index contributed by atoms with van der Waals surface area (Å²) in [5, 5.41) is 14.6. The van der Waals surface area contributed by atoms with Gasteiger partial charge in [-0.05, 0) is 61.1 Å². The highest BCUT2D eigenvalue weighted by atomic mass is 19.1. The van der Waals surface area contributed by atoms with Gasteiger partial charge in [0.15, 0.2) is 0 Å². The standard InChI is InChI=1S/C19H22BFN4O/c20-19(6-1-7-24-11-19)13-2-4-15(5-3-13)25-10-12-8-14(21)9-16(17(12)22)18(23)26/h2-5,8-10,22,24-25H,1,6-7,11,20H2,(H2,23,26)/b12-10-,22-17?. The summed E-state index contributed by atoms with van der Waals surface area (Å²) in [4.78, 5) is 11.3. The van der Waals surface area contributed by atoms with E-state index in [1.165, 1.54) is 24.3 Å². The first-order valence-corrected chi connectivity index (χ1v) is 8.65. The summed E-state index contributed by atoms with van der Waals surface area (Å²) in [5.41, 5.74) is 7.34. The van der Waals surface area contributed by atoms with Gasteiger partial charge >= 0.3 is 0 Å². The SMILES string of the molecule is BC1(c2ccc(N/C=C3/C=C(F)C=C(C(N)=O)C3=N)cc2)CCCNC1. The van der Waals surface area contributed by atoms with Crippen LogP contribution in [0.5, 0.6) is 0 Å². The maximum atomic E-state index is 13.7. The van der Waals surface area contributed by atoms with E-state index in [2.05, 4.69) is 30.6 Å². The van der Waals surface area contributed by atoms with Gasteiger partial charge in [-0.2, -0.15) is 0 Å². The van der Waals surface area contributed by atoms with Crippen molar-refractivity contribution in [1.29, 1.82) is 5.41 Å². The number of carbonyl (C=O) groups excluding carboxylic acids is 1. The molecular weight excluding hydrogens is 330 g/mol. The van der Waals surface area contributed by atoms with E-state index >= 15 is 0 Å². The number of piperidine rings is 1. The van der Waals surface area contributed by atoms with E-state index in [-0.39, 0.29) is 22.2 Å². The number of nitrogens with one attached hydrogen (secondary N) is 3. The predicted molar refractivity (Wildman–Crippen MR) is 105 cm³/mol. The minimum atomic E-state index is -0.817. The number of halogens is 1. The predicted octanol–water partition coefficient (Wildman–Crippen LogP) is 1.49. The lowest BCUT2D eigenvalue weighted by molar-refractivity contribution is -0.114. The van der Waals surface area contributed by atoms with Crippen LogP contribution in [-0.4, -0.2) is 32.6 Å². The number of hydrogen-bond donors (Lipinski definition) is 4. The van der Waals surface area contributed by atoms with Crippen molar-refractivity contribution in [1.82, 2.24) is 5.32 Å². The van der Waals surface area contributed by atoms with Crippen LogP contribution in [0.25, 0.3) is 0 Å². The first-order valence-electron chi connectivity index (χ1n) is 8.65. The Balaban J connectivity index is 1.74. The van der Waals surface area contributed by atoms with Gasteiger partial charge in [-0.15, -0.1) is 0 Å². The van der Waals surface area contributed by atoms with Crippen LogP contribution in [0.15, 0.2) is 59.6 Å². The maximum absolute atomic E-state index is 13.7. The average molecular weight is 352 g/mol. The van der Waals surface area contributed by atoms with Crippen molar-refractivity contribution in [2.45, 2.75) is 18.2 Å². The molecule has 1 fully saturated rings. The Kier molecular flexibility index (Phi) is 5.09. The molecule has 26 heavy (non-hydrogen) atoms. The molecule has 5 nitrogen and oxygen atoms in total. The lowest BCUT2D eigenvalue weighted by Gasteiger charge is -2.35. The number of carbonyl (C=O) groups is 1. The topological polar surface area (TPSA) is 91.0 Å². The number of rotatable bonds is 4. The number of anilines is 1. The van der Waals surface area contributed by atoms with Gasteiger partial charge in [0.05, 0.1) is 11.3 Å². The van der Waals surface area contributed by atoms with Crippen LogP contribution in [0.3, 0.4) is 0 Å². The van der Waals surface area contributed by atoms with E-state index in [0.717, 1.165) is 31.3 Å². The quantitative estimate of drug-likeness (QED) is 0.619. The van der Waals surface area contributed by atoms with E-state index in [1.807, 2.05) is 12.1 Å². The van der Waals surface area contributed by atoms with Crippen molar-refractivity contribution < 1.29 is 9.18 Å². The van der Waals surface area contributed by atoms with Crippen LogP contribution in [0.1, 0.15) is 18.4 Å². The Hall–Kier alpha value is -2.67. The summed E-state index contributed by atoms with van der Waals surface area (Å²) in [6.45, 7) is 2.04. The monoisotopic (exact) mass is 352 g/mol. The Morgan fingerprint density at radius 2 is 2.08 bits per heavy atom. The molecule has 1 aliphatic carbocycles. The number of allylic oxidation sites excluding steroid dienone is 4. The molecule has 0 saturated carbocycles. The van der Waals surface area contributed by atoms with Crippen LogP contribution in [0.2, 0.25) is 0 Å². The highest BCUT2D eigenvalue weighted by Crippen LogP contribution is 2.29. The highest BCUT2D eigenvalue weighted by Gasteiger charge is 2.28. The first-order chi connectivity index (χ1) is 12.4. The van der Waals surface area contributed by atoms with Gasteiger partial charge in [-0.25, -0.2) is 4.39 Å². The molecule has 0 aromatic heterocycles. The van der Waals surface area contributed by atoms with Crippen LogP contribution >= 0.6 is 0 Å². The molecule has 0 radical (unpaired) electrons. The highest BCUT2D eigenvalue weighted by molar-refractivity contribution is 6.28. The molecule has 1 heterocycles. The molecule has 1 aromatic rings. The maximum Gasteiger partial charge on any atom is 0.250 e. The number of primary amides is 1. The lowest BCUT2D eigenvalue weighted by Crippen LogP contribution is -2.43. The van der Waals surface area contributed by atoms with Gasteiger partial charge in [0.1, 0.15) is 13.7 Å². The number of amides is 1. The fourth-order valence-electron chi connectivity index (χ4n) is 3.37. The van der Waals surface area contributed by atoms with Crippen molar-refractivity contribution in [3.8, 4) is 0 Å². The van der Waals surface area contributed by atoms with Crippen LogP contribution in [-0.2, 0) is 10.1 Å². The third-order valence-electron chi connectivity index (χ3n) is 4.97. The molecule has 2 aliphatic rings. The zero-order valence-corrected chi connectivity index (χ0v) is 14.7. The molecule has 1 amide bonds. The van der Waals surface area contributed by atoms with Gasteiger partial charge in [0.25, 0.3) is 5.91 Å². The minimum absolute atomic E-state index is 0.0937. The Labute approximate surface area is 153 Å². The van der Waals surface area contributed by atoms with Crippen molar-refractivity contribution in [2.75, 3.05) is 18.4 Å². The van der Waals surface area contributed by atoms with Crippen molar-refractivity contribution in [3.05, 3.63) is 65.2 Å². The molecule has 134 valence electrons. The molecule has 5 N–H and O–H groups in total. The fraction of sp³-hybridized carbons (Fsp3) is 0.263. The summed E-state index contributed by atoms with van der Waals surface area (Å²) in [6.07, 6.45) is 6.01. The fourth-order valence-corrected chi connectivity index (χ4v) is 3.37.